The van der Waals surface area contributed by atoms with Crippen LogP contribution in [0.4, 0.5) is 4.39 Å². The molecule has 0 aromatic heterocycles. The highest BCUT2D eigenvalue weighted by atomic mass is 19.1. The fourth-order valence-corrected chi connectivity index (χ4v) is 2.35. The highest BCUT2D eigenvalue weighted by Gasteiger charge is 2.13. The Morgan fingerprint density at radius 2 is 1.78 bits per heavy atom. The average molecular weight is 315 g/mol. The molecule has 0 radical (unpaired) electrons. The molecular weight excluding hydrogens is 293 g/mol. The standard InChI is InChI=1S/C19H22FNO2/c1-3-15(4-2)19(22)21-13-14-6-5-7-18(12-14)23-17-10-8-16(20)9-11-17/h5-12,15H,3-4,13H2,1-2H3,(H,21,22). The Bertz CT molecular complexity index is 636. The van der Waals surface area contributed by atoms with Gasteiger partial charge in [-0.25, -0.2) is 4.39 Å². The summed E-state index contributed by atoms with van der Waals surface area (Å²) in [6.07, 6.45) is 1.69. The van der Waals surface area contributed by atoms with Gasteiger partial charge in [0.05, 0.1) is 0 Å². The van der Waals surface area contributed by atoms with Crippen molar-refractivity contribution in [2.24, 2.45) is 5.92 Å². The van der Waals surface area contributed by atoms with Crippen LogP contribution in [0.2, 0.25) is 0 Å². The number of hydrogen-bond donors (Lipinski definition) is 1. The van der Waals surface area contributed by atoms with Gasteiger partial charge in [-0.1, -0.05) is 26.0 Å². The average Bonchev–Trinajstić information content (AvgIpc) is 2.57. The summed E-state index contributed by atoms with van der Waals surface area (Å²) in [6.45, 7) is 4.51. The maximum absolute atomic E-state index is 12.9. The second-order valence-corrected chi connectivity index (χ2v) is 5.43. The lowest BCUT2D eigenvalue weighted by atomic mass is 10.0. The fraction of sp³-hybridized carbons (Fsp3) is 0.316. The van der Waals surface area contributed by atoms with Gasteiger partial charge in [-0.3, -0.25) is 4.79 Å². The topological polar surface area (TPSA) is 38.3 Å². The molecule has 0 saturated heterocycles. The number of rotatable bonds is 7. The van der Waals surface area contributed by atoms with E-state index < -0.39 is 0 Å². The Morgan fingerprint density at radius 1 is 1.09 bits per heavy atom. The molecule has 0 heterocycles. The van der Waals surface area contributed by atoms with E-state index in [4.69, 9.17) is 4.74 Å². The molecule has 0 unspecified atom stereocenters. The minimum atomic E-state index is -0.296. The number of benzene rings is 2. The summed E-state index contributed by atoms with van der Waals surface area (Å²) >= 11 is 0. The minimum absolute atomic E-state index is 0.0636. The molecule has 0 fully saturated rings. The second kappa shape index (κ2) is 8.32. The zero-order chi connectivity index (χ0) is 16.7. The van der Waals surface area contributed by atoms with Crippen LogP contribution in [0.1, 0.15) is 32.3 Å². The number of carbonyl (C=O) groups is 1. The van der Waals surface area contributed by atoms with E-state index in [1.54, 1.807) is 12.1 Å². The Kier molecular flexibility index (Phi) is 6.15. The molecule has 0 aliphatic heterocycles. The number of hydrogen-bond acceptors (Lipinski definition) is 2. The Morgan fingerprint density at radius 3 is 2.43 bits per heavy atom. The van der Waals surface area contributed by atoms with Gasteiger partial charge in [-0.05, 0) is 54.8 Å². The van der Waals surface area contributed by atoms with Crippen LogP contribution in [0, 0.1) is 11.7 Å². The third-order valence-corrected chi connectivity index (χ3v) is 3.77. The molecule has 0 aliphatic rings. The van der Waals surface area contributed by atoms with Crippen molar-refractivity contribution in [3.8, 4) is 11.5 Å². The van der Waals surface area contributed by atoms with Gasteiger partial charge in [-0.2, -0.15) is 0 Å². The molecule has 0 bridgehead atoms. The number of nitrogens with one attached hydrogen (secondary N) is 1. The summed E-state index contributed by atoms with van der Waals surface area (Å²) in [5.41, 5.74) is 0.962. The van der Waals surface area contributed by atoms with Crippen molar-refractivity contribution in [2.75, 3.05) is 0 Å². The Hall–Kier alpha value is -2.36. The van der Waals surface area contributed by atoms with Crippen molar-refractivity contribution in [1.29, 1.82) is 0 Å². The first-order valence-electron chi connectivity index (χ1n) is 7.92. The van der Waals surface area contributed by atoms with Crippen LogP contribution in [0.3, 0.4) is 0 Å². The quantitative estimate of drug-likeness (QED) is 0.806. The van der Waals surface area contributed by atoms with Crippen LogP contribution in [0.15, 0.2) is 48.5 Å². The third-order valence-electron chi connectivity index (χ3n) is 3.77. The van der Waals surface area contributed by atoms with Gasteiger partial charge < -0.3 is 10.1 Å². The van der Waals surface area contributed by atoms with E-state index in [1.807, 2.05) is 38.1 Å². The van der Waals surface area contributed by atoms with Gasteiger partial charge in [0, 0.05) is 12.5 Å². The maximum Gasteiger partial charge on any atom is 0.223 e. The first kappa shape index (κ1) is 17.0. The summed E-state index contributed by atoms with van der Waals surface area (Å²) in [5, 5.41) is 2.96. The van der Waals surface area contributed by atoms with Crippen molar-refractivity contribution in [2.45, 2.75) is 33.2 Å². The lowest BCUT2D eigenvalue weighted by Gasteiger charge is -2.13. The molecule has 0 atom stereocenters. The van der Waals surface area contributed by atoms with Crippen LogP contribution in [-0.4, -0.2) is 5.91 Å². The zero-order valence-corrected chi connectivity index (χ0v) is 13.5. The van der Waals surface area contributed by atoms with Crippen molar-refractivity contribution in [3.63, 3.8) is 0 Å². The van der Waals surface area contributed by atoms with Gasteiger partial charge in [0.15, 0.2) is 0 Å². The molecule has 0 spiro atoms. The van der Waals surface area contributed by atoms with Crippen molar-refractivity contribution < 1.29 is 13.9 Å². The third kappa shape index (κ3) is 5.09. The van der Waals surface area contributed by atoms with Crippen molar-refractivity contribution in [1.82, 2.24) is 5.32 Å². The highest BCUT2D eigenvalue weighted by molar-refractivity contribution is 5.78. The number of carbonyl (C=O) groups excluding carboxylic acids is 1. The fourth-order valence-electron chi connectivity index (χ4n) is 2.35. The van der Waals surface area contributed by atoms with E-state index in [0.29, 0.717) is 18.0 Å². The molecule has 23 heavy (non-hydrogen) atoms. The highest BCUT2D eigenvalue weighted by Crippen LogP contribution is 2.22. The number of halogens is 1. The van der Waals surface area contributed by atoms with Gasteiger partial charge >= 0.3 is 0 Å². The molecule has 4 heteroatoms. The minimum Gasteiger partial charge on any atom is -0.457 e. The predicted molar refractivity (Wildman–Crippen MR) is 88.8 cm³/mol. The molecule has 3 nitrogen and oxygen atoms in total. The van der Waals surface area contributed by atoms with E-state index >= 15 is 0 Å². The van der Waals surface area contributed by atoms with Crippen LogP contribution < -0.4 is 10.1 Å². The summed E-state index contributed by atoms with van der Waals surface area (Å²) in [7, 11) is 0. The van der Waals surface area contributed by atoms with E-state index in [-0.39, 0.29) is 17.6 Å². The van der Waals surface area contributed by atoms with Crippen LogP contribution in [0.5, 0.6) is 11.5 Å². The van der Waals surface area contributed by atoms with Gasteiger partial charge in [0.25, 0.3) is 0 Å². The Balaban J connectivity index is 1.97. The van der Waals surface area contributed by atoms with Gasteiger partial charge in [0.1, 0.15) is 17.3 Å². The lowest BCUT2D eigenvalue weighted by molar-refractivity contribution is -0.125. The maximum atomic E-state index is 12.9. The molecule has 2 aromatic rings. The smallest absolute Gasteiger partial charge is 0.223 e. The first-order valence-corrected chi connectivity index (χ1v) is 7.92. The summed E-state index contributed by atoms with van der Waals surface area (Å²) < 4.78 is 18.6. The second-order valence-electron chi connectivity index (χ2n) is 5.43. The normalized spacial score (nSPS) is 10.6. The molecule has 122 valence electrons. The molecule has 0 aliphatic carbocycles. The Labute approximate surface area is 136 Å². The SMILES string of the molecule is CCC(CC)C(=O)NCc1cccc(Oc2ccc(F)cc2)c1. The summed E-state index contributed by atoms with van der Waals surface area (Å²) in [6, 6.07) is 13.4. The van der Waals surface area contributed by atoms with Crippen LogP contribution in [0.25, 0.3) is 0 Å². The monoisotopic (exact) mass is 315 g/mol. The van der Waals surface area contributed by atoms with Crippen molar-refractivity contribution in [3.05, 3.63) is 59.9 Å². The predicted octanol–water partition coefficient (Wildman–Crippen LogP) is 4.67. The zero-order valence-electron chi connectivity index (χ0n) is 13.5. The largest absolute Gasteiger partial charge is 0.457 e. The van der Waals surface area contributed by atoms with E-state index in [2.05, 4.69) is 5.32 Å². The molecule has 2 aromatic carbocycles. The summed E-state index contributed by atoms with van der Waals surface area (Å²) in [4.78, 5) is 12.0. The van der Waals surface area contributed by atoms with Crippen molar-refractivity contribution >= 4 is 5.91 Å². The molecular formula is C19H22FNO2. The van der Waals surface area contributed by atoms with Gasteiger partial charge in [0.2, 0.25) is 5.91 Å². The molecule has 0 saturated carbocycles. The van der Waals surface area contributed by atoms with Gasteiger partial charge in [-0.15, -0.1) is 0 Å². The van der Waals surface area contributed by atoms with E-state index in [9.17, 15) is 9.18 Å². The number of amides is 1. The molecule has 1 amide bonds. The van der Waals surface area contributed by atoms with Crippen LogP contribution in [-0.2, 0) is 11.3 Å². The lowest BCUT2D eigenvalue weighted by Crippen LogP contribution is -2.29. The van der Waals surface area contributed by atoms with E-state index in [1.165, 1.54) is 12.1 Å². The van der Waals surface area contributed by atoms with Crippen LogP contribution >= 0.6 is 0 Å². The summed E-state index contributed by atoms with van der Waals surface area (Å²) in [5.74, 6) is 1.08. The number of ether oxygens (including phenoxy) is 1. The van der Waals surface area contributed by atoms with E-state index in [0.717, 1.165) is 18.4 Å². The molecule has 1 N–H and O–H groups in total. The first-order chi connectivity index (χ1) is 11.1. The molecule has 2 rings (SSSR count).